The molecule has 0 bridgehead atoms. The lowest BCUT2D eigenvalue weighted by molar-refractivity contribution is -0.135. The Morgan fingerprint density at radius 3 is 2.66 bits per heavy atom. The number of rotatable bonds is 5. The minimum atomic E-state index is -3.86. The molecule has 2 aromatic carbocycles. The molecule has 1 amide bonds. The standard InChI is InChI=1S/C22H20N4O4S2/c1-14(27)21(15-5-3-2-4-6-15)22(28)25-10-16-11-26(24-19(16)12-25)32(29,30)17-7-8-18-20(9-17)31-13-23-18/h2-9,11,13-14,21,27H,10,12H2,1H3/t14-,21+/m1/s1. The third kappa shape index (κ3) is 3.50. The molecule has 1 aliphatic rings. The summed E-state index contributed by atoms with van der Waals surface area (Å²) in [5.74, 6) is -0.906. The van der Waals surface area contributed by atoms with E-state index in [1.165, 1.54) is 23.6 Å². The predicted molar refractivity (Wildman–Crippen MR) is 120 cm³/mol. The quantitative estimate of drug-likeness (QED) is 0.483. The van der Waals surface area contributed by atoms with Crippen molar-refractivity contribution < 1.29 is 18.3 Å². The van der Waals surface area contributed by atoms with E-state index in [-0.39, 0.29) is 23.9 Å². The number of aliphatic hydroxyl groups excluding tert-OH is 1. The molecule has 0 fully saturated rings. The van der Waals surface area contributed by atoms with Crippen molar-refractivity contribution in [3.05, 3.63) is 77.1 Å². The Kier molecular flexibility index (Phi) is 5.07. The highest BCUT2D eigenvalue weighted by Gasteiger charge is 2.35. The molecular weight excluding hydrogens is 448 g/mol. The van der Waals surface area contributed by atoms with Crippen LogP contribution in [0.5, 0.6) is 0 Å². The van der Waals surface area contributed by atoms with E-state index >= 15 is 0 Å². The Morgan fingerprint density at radius 1 is 1.16 bits per heavy atom. The molecule has 0 unspecified atom stereocenters. The number of hydrogen-bond donors (Lipinski definition) is 1. The van der Waals surface area contributed by atoms with Crippen molar-refractivity contribution in [3.8, 4) is 0 Å². The lowest BCUT2D eigenvalue weighted by atomic mass is 9.93. The second-order valence-electron chi connectivity index (χ2n) is 7.78. The smallest absolute Gasteiger partial charge is 0.283 e. The summed E-state index contributed by atoms with van der Waals surface area (Å²) in [5.41, 5.74) is 4.38. The van der Waals surface area contributed by atoms with Crippen LogP contribution in [0.3, 0.4) is 0 Å². The number of aliphatic hydroxyl groups is 1. The summed E-state index contributed by atoms with van der Waals surface area (Å²) in [5, 5.41) is 14.5. The number of amides is 1. The van der Waals surface area contributed by atoms with Gasteiger partial charge in [0.25, 0.3) is 10.0 Å². The van der Waals surface area contributed by atoms with Crippen molar-refractivity contribution in [2.24, 2.45) is 0 Å². The van der Waals surface area contributed by atoms with Crippen LogP contribution in [0, 0.1) is 0 Å². The fourth-order valence-electron chi connectivity index (χ4n) is 3.99. The first kappa shape index (κ1) is 20.8. The van der Waals surface area contributed by atoms with Crippen molar-refractivity contribution in [2.45, 2.75) is 36.9 Å². The number of benzene rings is 2. The largest absolute Gasteiger partial charge is 0.392 e. The molecule has 164 valence electrons. The molecule has 8 nitrogen and oxygen atoms in total. The predicted octanol–water partition coefficient (Wildman–Crippen LogP) is 2.74. The zero-order valence-corrected chi connectivity index (χ0v) is 18.8. The molecule has 0 spiro atoms. The highest BCUT2D eigenvalue weighted by Crippen LogP contribution is 2.30. The number of thiazole rings is 1. The van der Waals surface area contributed by atoms with Crippen molar-refractivity contribution in [1.29, 1.82) is 0 Å². The Morgan fingerprint density at radius 2 is 1.94 bits per heavy atom. The van der Waals surface area contributed by atoms with Gasteiger partial charge in [-0.3, -0.25) is 4.79 Å². The van der Waals surface area contributed by atoms with E-state index in [9.17, 15) is 18.3 Å². The number of fused-ring (bicyclic) bond motifs is 2. The van der Waals surface area contributed by atoms with Gasteiger partial charge in [0.2, 0.25) is 5.91 Å². The molecule has 3 heterocycles. The minimum Gasteiger partial charge on any atom is -0.392 e. The Labute approximate surface area is 188 Å². The first-order valence-corrected chi connectivity index (χ1v) is 12.3. The maximum Gasteiger partial charge on any atom is 0.283 e. The summed E-state index contributed by atoms with van der Waals surface area (Å²) in [6.07, 6.45) is 0.606. The van der Waals surface area contributed by atoms with Crippen LogP contribution in [0.1, 0.15) is 29.7 Å². The molecule has 1 N–H and O–H groups in total. The van der Waals surface area contributed by atoms with Gasteiger partial charge in [-0.15, -0.1) is 11.3 Å². The summed E-state index contributed by atoms with van der Waals surface area (Å²) >= 11 is 1.37. The zero-order valence-electron chi connectivity index (χ0n) is 17.1. The van der Waals surface area contributed by atoms with Crippen LogP contribution in [0.4, 0.5) is 0 Å². The summed E-state index contributed by atoms with van der Waals surface area (Å²) in [4.78, 5) is 19.1. The molecule has 0 saturated heterocycles. The van der Waals surface area contributed by atoms with Crippen LogP contribution in [-0.2, 0) is 27.9 Å². The number of carbonyl (C=O) groups is 1. The van der Waals surface area contributed by atoms with Gasteiger partial charge >= 0.3 is 0 Å². The van der Waals surface area contributed by atoms with E-state index < -0.39 is 22.0 Å². The normalized spacial score (nSPS) is 15.6. The number of hydrogen-bond acceptors (Lipinski definition) is 7. The lowest BCUT2D eigenvalue weighted by Gasteiger charge is -2.25. The zero-order chi connectivity index (χ0) is 22.5. The highest BCUT2D eigenvalue weighted by atomic mass is 32.2. The summed E-state index contributed by atoms with van der Waals surface area (Å²) in [6.45, 7) is 2.03. The molecule has 0 aliphatic carbocycles. The van der Waals surface area contributed by atoms with Gasteiger partial charge in [-0.05, 0) is 30.7 Å². The van der Waals surface area contributed by atoms with E-state index in [1.807, 2.05) is 30.3 Å². The van der Waals surface area contributed by atoms with Crippen LogP contribution in [0.2, 0.25) is 0 Å². The third-order valence-electron chi connectivity index (χ3n) is 5.62. The molecule has 0 radical (unpaired) electrons. The second-order valence-corrected chi connectivity index (χ2v) is 10.5. The first-order chi connectivity index (χ1) is 15.3. The molecule has 2 atom stereocenters. The monoisotopic (exact) mass is 468 g/mol. The number of aromatic nitrogens is 3. The Hall–Kier alpha value is -3.08. The topological polar surface area (TPSA) is 105 Å². The fourth-order valence-corrected chi connectivity index (χ4v) is 5.98. The van der Waals surface area contributed by atoms with Gasteiger partial charge in [-0.25, -0.2) is 4.98 Å². The van der Waals surface area contributed by atoms with Crippen molar-refractivity contribution in [1.82, 2.24) is 19.1 Å². The van der Waals surface area contributed by atoms with E-state index in [2.05, 4.69) is 10.1 Å². The SMILES string of the molecule is C[C@@H](O)[C@H](C(=O)N1Cc2cn(S(=O)(=O)c3ccc4ncsc4c3)nc2C1)c1ccccc1. The average molecular weight is 469 g/mol. The van der Waals surface area contributed by atoms with Crippen molar-refractivity contribution in [2.75, 3.05) is 0 Å². The minimum absolute atomic E-state index is 0.140. The van der Waals surface area contributed by atoms with Gasteiger partial charge in [0.1, 0.15) is 0 Å². The van der Waals surface area contributed by atoms with Crippen LogP contribution < -0.4 is 0 Å². The fraction of sp³-hybridized carbons (Fsp3) is 0.227. The van der Waals surface area contributed by atoms with Gasteiger partial charge in [-0.1, -0.05) is 30.3 Å². The Bertz CT molecular complexity index is 1390. The van der Waals surface area contributed by atoms with Gasteiger partial charge < -0.3 is 10.0 Å². The van der Waals surface area contributed by atoms with Gasteiger partial charge in [-0.2, -0.15) is 17.6 Å². The number of carbonyl (C=O) groups excluding carboxylic acids is 1. The molecule has 1 aliphatic heterocycles. The van der Waals surface area contributed by atoms with Crippen molar-refractivity contribution >= 4 is 37.5 Å². The van der Waals surface area contributed by atoms with E-state index in [1.54, 1.807) is 29.5 Å². The van der Waals surface area contributed by atoms with E-state index in [0.717, 1.165) is 19.9 Å². The maximum absolute atomic E-state index is 13.2. The lowest BCUT2D eigenvalue weighted by Crippen LogP contribution is -2.36. The molecule has 2 aromatic heterocycles. The maximum atomic E-state index is 13.2. The van der Waals surface area contributed by atoms with Crippen LogP contribution >= 0.6 is 11.3 Å². The molecule has 32 heavy (non-hydrogen) atoms. The molecule has 4 aromatic rings. The first-order valence-electron chi connectivity index (χ1n) is 10.0. The van der Waals surface area contributed by atoms with Crippen LogP contribution in [-0.4, -0.2) is 44.6 Å². The van der Waals surface area contributed by atoms with Crippen LogP contribution in [0.25, 0.3) is 10.2 Å². The molecular formula is C22H20N4O4S2. The van der Waals surface area contributed by atoms with E-state index in [0.29, 0.717) is 11.3 Å². The average Bonchev–Trinajstić information content (AvgIpc) is 3.48. The van der Waals surface area contributed by atoms with Crippen LogP contribution in [0.15, 0.2) is 65.1 Å². The third-order valence-corrected chi connectivity index (χ3v) is 7.94. The summed E-state index contributed by atoms with van der Waals surface area (Å²) < 4.78 is 27.9. The highest BCUT2D eigenvalue weighted by molar-refractivity contribution is 7.89. The van der Waals surface area contributed by atoms with Gasteiger partial charge in [0, 0.05) is 18.3 Å². The molecule has 0 saturated carbocycles. The molecule has 10 heteroatoms. The second kappa shape index (κ2) is 7.80. The summed E-state index contributed by atoms with van der Waals surface area (Å²) in [6, 6.07) is 13.9. The summed E-state index contributed by atoms with van der Waals surface area (Å²) in [7, 11) is -3.86. The van der Waals surface area contributed by atoms with Gasteiger partial charge in [0.05, 0.1) is 44.9 Å². The molecule has 5 rings (SSSR count). The van der Waals surface area contributed by atoms with E-state index in [4.69, 9.17) is 0 Å². The Balaban J connectivity index is 1.39. The van der Waals surface area contributed by atoms with Crippen molar-refractivity contribution in [3.63, 3.8) is 0 Å². The number of nitrogens with zero attached hydrogens (tertiary/aromatic N) is 4. The van der Waals surface area contributed by atoms with Gasteiger partial charge in [0.15, 0.2) is 0 Å².